The van der Waals surface area contributed by atoms with Crippen LogP contribution in [0.1, 0.15) is 17.2 Å². The molecule has 2 atom stereocenters. The summed E-state index contributed by atoms with van der Waals surface area (Å²) < 4.78 is 5.29. The van der Waals surface area contributed by atoms with E-state index in [9.17, 15) is 10.1 Å². The number of benzene rings is 1. The van der Waals surface area contributed by atoms with Crippen LogP contribution in [0.4, 0.5) is 5.69 Å². The fraction of sp³-hybridized carbons (Fsp3) is 0.333. The molecule has 1 aromatic carbocycles. The highest BCUT2D eigenvalue weighted by Crippen LogP contribution is 2.49. The maximum Gasteiger partial charge on any atom is 0.269 e. The lowest BCUT2D eigenvalue weighted by molar-refractivity contribution is -0.384. The van der Waals surface area contributed by atoms with Crippen LogP contribution < -0.4 is 0 Å². The molecule has 66 valence electrons. The smallest absolute Gasteiger partial charge is 0.269 e. The summed E-state index contributed by atoms with van der Waals surface area (Å²) in [6.07, 6.45) is 1.37. The Morgan fingerprint density at radius 1 is 1.54 bits per heavy atom. The molecule has 0 saturated carbocycles. The van der Waals surface area contributed by atoms with Crippen molar-refractivity contribution in [3.8, 4) is 0 Å². The second kappa shape index (κ2) is 2.09. The molecule has 0 aromatic heterocycles. The molecule has 0 amide bonds. The lowest BCUT2D eigenvalue weighted by Gasteiger charge is -2.00. The molecular formula is C9H7NO3. The second-order valence-corrected chi connectivity index (χ2v) is 3.44. The zero-order valence-corrected chi connectivity index (χ0v) is 6.77. The van der Waals surface area contributed by atoms with Gasteiger partial charge in [-0.25, -0.2) is 0 Å². The molecule has 0 unspecified atom stereocenters. The van der Waals surface area contributed by atoms with Gasteiger partial charge < -0.3 is 4.74 Å². The van der Waals surface area contributed by atoms with Crippen molar-refractivity contribution in [3.63, 3.8) is 0 Å². The SMILES string of the molecule is O=[N+]([O-])c1ccc2c(c1)[C@@H]1O[C@@H]1C2. The fourth-order valence-corrected chi connectivity index (χ4v) is 1.94. The quantitative estimate of drug-likeness (QED) is 0.372. The number of hydrogen-bond donors (Lipinski definition) is 0. The highest BCUT2D eigenvalue weighted by Gasteiger charge is 2.47. The van der Waals surface area contributed by atoms with E-state index in [-0.39, 0.29) is 16.7 Å². The Hall–Kier alpha value is -1.42. The van der Waals surface area contributed by atoms with Crippen LogP contribution in [-0.2, 0) is 11.2 Å². The predicted molar refractivity (Wildman–Crippen MR) is 44.4 cm³/mol. The Morgan fingerprint density at radius 3 is 3.15 bits per heavy atom. The van der Waals surface area contributed by atoms with Gasteiger partial charge in [0.2, 0.25) is 0 Å². The lowest BCUT2D eigenvalue weighted by Crippen LogP contribution is -1.92. The van der Waals surface area contributed by atoms with Gasteiger partial charge in [0.05, 0.1) is 11.0 Å². The number of hydrogen-bond acceptors (Lipinski definition) is 3. The maximum absolute atomic E-state index is 10.5. The minimum atomic E-state index is -0.365. The van der Waals surface area contributed by atoms with E-state index in [0.717, 1.165) is 12.0 Å². The number of nitro benzene ring substituents is 1. The number of nitrogens with zero attached hydrogens (tertiary/aromatic N) is 1. The Labute approximate surface area is 74.3 Å². The Balaban J connectivity index is 2.11. The van der Waals surface area contributed by atoms with Crippen molar-refractivity contribution in [2.45, 2.75) is 18.6 Å². The van der Waals surface area contributed by atoms with E-state index in [1.807, 2.05) is 6.07 Å². The van der Waals surface area contributed by atoms with Gasteiger partial charge in [-0.1, -0.05) is 6.07 Å². The van der Waals surface area contributed by atoms with Gasteiger partial charge in [0.25, 0.3) is 5.69 Å². The standard InChI is InChI=1S/C9H7NO3/c11-10(12)6-2-1-5-3-8-9(13-8)7(5)4-6/h1-2,4,8-9H,3H2/t8-,9+/m1/s1. The van der Waals surface area contributed by atoms with E-state index in [1.54, 1.807) is 12.1 Å². The zero-order valence-electron chi connectivity index (χ0n) is 6.77. The third-order valence-electron chi connectivity index (χ3n) is 2.65. The number of non-ortho nitro benzene ring substituents is 1. The van der Waals surface area contributed by atoms with E-state index >= 15 is 0 Å². The molecular weight excluding hydrogens is 170 g/mol. The van der Waals surface area contributed by atoms with Crippen LogP contribution in [0, 0.1) is 10.1 Å². The first kappa shape index (κ1) is 7.03. The van der Waals surface area contributed by atoms with Gasteiger partial charge in [-0.3, -0.25) is 10.1 Å². The number of ether oxygens (including phenoxy) is 1. The van der Waals surface area contributed by atoms with E-state index in [0.29, 0.717) is 6.10 Å². The van der Waals surface area contributed by atoms with Crippen LogP contribution in [0.5, 0.6) is 0 Å². The van der Waals surface area contributed by atoms with E-state index < -0.39 is 0 Å². The zero-order chi connectivity index (χ0) is 9.00. The van der Waals surface area contributed by atoms with E-state index in [4.69, 9.17) is 4.74 Å². The lowest BCUT2D eigenvalue weighted by atomic mass is 10.1. The molecule has 0 spiro atoms. The minimum Gasteiger partial charge on any atom is -0.364 e. The predicted octanol–water partition coefficient (Wildman–Crippen LogP) is 1.59. The molecule has 1 aliphatic heterocycles. The van der Waals surface area contributed by atoms with Crippen LogP contribution in [-0.4, -0.2) is 11.0 Å². The Bertz CT molecular complexity index is 402. The highest BCUT2D eigenvalue weighted by molar-refractivity contribution is 5.46. The fourth-order valence-electron chi connectivity index (χ4n) is 1.94. The summed E-state index contributed by atoms with van der Waals surface area (Å²) in [6.45, 7) is 0. The molecule has 1 saturated heterocycles. The number of epoxide rings is 1. The Kier molecular flexibility index (Phi) is 1.13. The molecule has 0 N–H and O–H groups in total. The topological polar surface area (TPSA) is 55.7 Å². The van der Waals surface area contributed by atoms with Crippen LogP contribution in [0.25, 0.3) is 0 Å². The van der Waals surface area contributed by atoms with Gasteiger partial charge in [0.15, 0.2) is 0 Å². The molecule has 2 aliphatic rings. The van der Waals surface area contributed by atoms with Gasteiger partial charge in [-0.2, -0.15) is 0 Å². The highest BCUT2D eigenvalue weighted by atomic mass is 16.6. The summed E-state index contributed by atoms with van der Waals surface area (Å²) in [6, 6.07) is 5.03. The third kappa shape index (κ3) is 0.890. The van der Waals surface area contributed by atoms with Crippen LogP contribution in [0.3, 0.4) is 0 Å². The van der Waals surface area contributed by atoms with Crippen molar-refractivity contribution >= 4 is 5.69 Å². The molecule has 0 radical (unpaired) electrons. The molecule has 1 aromatic rings. The number of nitro groups is 1. The van der Waals surface area contributed by atoms with Gasteiger partial charge in [0, 0.05) is 18.6 Å². The molecule has 0 bridgehead atoms. The van der Waals surface area contributed by atoms with Crippen LogP contribution in [0.15, 0.2) is 18.2 Å². The number of fused-ring (bicyclic) bond motifs is 3. The van der Waals surface area contributed by atoms with Gasteiger partial charge >= 0.3 is 0 Å². The average Bonchev–Trinajstić information content (AvgIpc) is 2.78. The normalized spacial score (nSPS) is 28.0. The molecule has 3 rings (SSSR count). The molecule has 4 heteroatoms. The van der Waals surface area contributed by atoms with E-state index in [1.165, 1.54) is 5.56 Å². The number of rotatable bonds is 1. The minimum absolute atomic E-state index is 0.148. The summed E-state index contributed by atoms with van der Waals surface area (Å²) in [5.41, 5.74) is 2.38. The molecule has 4 nitrogen and oxygen atoms in total. The summed E-state index contributed by atoms with van der Waals surface area (Å²) in [5, 5.41) is 10.5. The first-order valence-corrected chi connectivity index (χ1v) is 4.18. The summed E-state index contributed by atoms with van der Waals surface area (Å²) in [7, 11) is 0. The van der Waals surface area contributed by atoms with Gasteiger partial charge in [-0.15, -0.1) is 0 Å². The monoisotopic (exact) mass is 177 g/mol. The summed E-state index contributed by atoms with van der Waals surface area (Å²) in [4.78, 5) is 10.1. The largest absolute Gasteiger partial charge is 0.364 e. The molecule has 1 heterocycles. The van der Waals surface area contributed by atoms with Crippen LogP contribution >= 0.6 is 0 Å². The summed E-state index contributed by atoms with van der Waals surface area (Å²) in [5.74, 6) is 0. The third-order valence-corrected chi connectivity index (χ3v) is 2.65. The van der Waals surface area contributed by atoms with E-state index in [2.05, 4.69) is 0 Å². The molecule has 13 heavy (non-hydrogen) atoms. The van der Waals surface area contributed by atoms with Gasteiger partial charge in [0.1, 0.15) is 6.10 Å². The average molecular weight is 177 g/mol. The van der Waals surface area contributed by atoms with Crippen molar-refractivity contribution < 1.29 is 9.66 Å². The van der Waals surface area contributed by atoms with Crippen LogP contribution in [0.2, 0.25) is 0 Å². The molecule has 1 fully saturated rings. The van der Waals surface area contributed by atoms with Crippen molar-refractivity contribution in [3.05, 3.63) is 39.4 Å². The Morgan fingerprint density at radius 2 is 2.38 bits per heavy atom. The van der Waals surface area contributed by atoms with Crippen molar-refractivity contribution in [1.29, 1.82) is 0 Å². The first-order valence-electron chi connectivity index (χ1n) is 4.18. The van der Waals surface area contributed by atoms with Crippen molar-refractivity contribution in [1.82, 2.24) is 0 Å². The van der Waals surface area contributed by atoms with Gasteiger partial charge in [-0.05, 0) is 11.1 Å². The summed E-state index contributed by atoms with van der Waals surface area (Å²) >= 11 is 0. The van der Waals surface area contributed by atoms with Crippen molar-refractivity contribution in [2.24, 2.45) is 0 Å². The van der Waals surface area contributed by atoms with Crippen molar-refractivity contribution in [2.75, 3.05) is 0 Å². The maximum atomic E-state index is 10.5. The second-order valence-electron chi connectivity index (χ2n) is 3.44. The first-order chi connectivity index (χ1) is 6.25. The molecule has 1 aliphatic carbocycles.